The van der Waals surface area contributed by atoms with Gasteiger partial charge in [-0.1, -0.05) is 29.3 Å². The zero-order valence-corrected chi connectivity index (χ0v) is 15.9. The van der Waals surface area contributed by atoms with E-state index in [4.69, 9.17) is 11.6 Å². The number of carbonyl (C=O) groups is 2. The van der Waals surface area contributed by atoms with Crippen LogP contribution in [0.5, 0.6) is 0 Å². The molecular weight excluding hydrogens is 357 g/mol. The maximum atomic E-state index is 14.0. The highest BCUT2D eigenvalue weighted by Crippen LogP contribution is 2.23. The van der Waals surface area contributed by atoms with E-state index in [1.54, 1.807) is 45.4 Å². The van der Waals surface area contributed by atoms with Crippen molar-refractivity contribution in [1.82, 2.24) is 9.80 Å². The molecular formula is C19H21ClFN3O2. The molecule has 0 spiro atoms. The Bertz CT molecular complexity index is 819. The Morgan fingerprint density at radius 1 is 1.15 bits per heavy atom. The molecule has 1 N–H and O–H groups in total. The molecule has 2 aromatic rings. The second kappa shape index (κ2) is 8.19. The Balaban J connectivity index is 2.30. The first kappa shape index (κ1) is 19.7. The van der Waals surface area contributed by atoms with Crippen LogP contribution in [0.2, 0.25) is 5.02 Å². The number of amides is 3. The predicted octanol–water partition coefficient (Wildman–Crippen LogP) is 4.15. The summed E-state index contributed by atoms with van der Waals surface area (Å²) in [6, 6.07) is 9.21. The first-order valence-electron chi connectivity index (χ1n) is 7.98. The summed E-state index contributed by atoms with van der Waals surface area (Å²) in [4.78, 5) is 27.6. The van der Waals surface area contributed by atoms with E-state index in [9.17, 15) is 14.0 Å². The summed E-state index contributed by atoms with van der Waals surface area (Å²) in [5.41, 5.74) is 1.84. The van der Waals surface area contributed by atoms with Crippen LogP contribution in [0, 0.1) is 12.7 Å². The van der Waals surface area contributed by atoms with Gasteiger partial charge in [0.15, 0.2) is 0 Å². The van der Waals surface area contributed by atoms with E-state index >= 15 is 0 Å². The van der Waals surface area contributed by atoms with E-state index in [1.165, 1.54) is 21.9 Å². The van der Waals surface area contributed by atoms with Crippen LogP contribution in [0.3, 0.4) is 0 Å². The molecule has 0 saturated heterocycles. The Morgan fingerprint density at radius 2 is 1.85 bits per heavy atom. The SMILES string of the molecule is Cc1ccc(NC(=O)N(C)C)c(C(=O)N(C)Cc2c(F)cccc2Cl)c1. The molecule has 0 fully saturated rings. The summed E-state index contributed by atoms with van der Waals surface area (Å²) in [6.45, 7) is 1.86. The van der Waals surface area contributed by atoms with Gasteiger partial charge < -0.3 is 15.1 Å². The third-order valence-electron chi connectivity index (χ3n) is 3.86. The largest absolute Gasteiger partial charge is 0.337 e. The lowest BCUT2D eigenvalue weighted by Gasteiger charge is -2.21. The van der Waals surface area contributed by atoms with Gasteiger partial charge >= 0.3 is 6.03 Å². The first-order chi connectivity index (χ1) is 12.2. The molecule has 3 amide bonds. The zero-order valence-electron chi connectivity index (χ0n) is 15.1. The molecule has 0 atom stereocenters. The molecule has 7 heteroatoms. The quantitative estimate of drug-likeness (QED) is 0.870. The number of rotatable bonds is 4. The number of hydrogen-bond acceptors (Lipinski definition) is 2. The molecule has 0 saturated carbocycles. The number of nitrogens with one attached hydrogen (secondary N) is 1. The van der Waals surface area contributed by atoms with Crippen LogP contribution in [-0.4, -0.2) is 42.9 Å². The Morgan fingerprint density at radius 3 is 2.46 bits per heavy atom. The van der Waals surface area contributed by atoms with Gasteiger partial charge in [-0.15, -0.1) is 0 Å². The fourth-order valence-electron chi connectivity index (χ4n) is 2.37. The molecule has 5 nitrogen and oxygen atoms in total. The molecule has 2 rings (SSSR count). The van der Waals surface area contributed by atoms with Crippen LogP contribution in [0.15, 0.2) is 36.4 Å². The molecule has 0 aliphatic carbocycles. The summed E-state index contributed by atoms with van der Waals surface area (Å²) in [5.74, 6) is -0.815. The molecule has 0 aliphatic rings. The molecule has 0 aliphatic heterocycles. The molecule has 26 heavy (non-hydrogen) atoms. The number of hydrogen-bond donors (Lipinski definition) is 1. The lowest BCUT2D eigenvalue weighted by Crippen LogP contribution is -2.31. The summed E-state index contributed by atoms with van der Waals surface area (Å²) >= 11 is 6.04. The van der Waals surface area contributed by atoms with Crippen LogP contribution < -0.4 is 5.32 Å². The molecule has 2 aromatic carbocycles. The lowest BCUT2D eigenvalue weighted by atomic mass is 10.1. The Hall–Kier alpha value is -2.60. The minimum atomic E-state index is -0.470. The highest BCUT2D eigenvalue weighted by molar-refractivity contribution is 6.31. The van der Waals surface area contributed by atoms with Crippen molar-refractivity contribution in [2.45, 2.75) is 13.5 Å². The first-order valence-corrected chi connectivity index (χ1v) is 8.35. The van der Waals surface area contributed by atoms with Gasteiger partial charge in [0.05, 0.1) is 11.3 Å². The minimum Gasteiger partial charge on any atom is -0.337 e. The number of benzene rings is 2. The smallest absolute Gasteiger partial charge is 0.321 e. The standard InChI is InChI=1S/C19H21ClFN3O2/c1-12-8-9-17(22-19(26)23(2)3)13(10-12)18(25)24(4)11-14-15(20)6-5-7-16(14)21/h5-10H,11H2,1-4H3,(H,22,26). The monoisotopic (exact) mass is 377 g/mol. The number of aryl methyl sites for hydroxylation is 1. The number of halogens is 2. The molecule has 0 radical (unpaired) electrons. The second-order valence-corrected chi connectivity index (χ2v) is 6.64. The number of nitrogens with zero attached hydrogens (tertiary/aromatic N) is 2. The van der Waals surface area contributed by atoms with Crippen molar-refractivity contribution < 1.29 is 14.0 Å². The van der Waals surface area contributed by atoms with Gasteiger partial charge in [0.1, 0.15) is 5.82 Å². The summed E-state index contributed by atoms with van der Waals surface area (Å²) in [6.07, 6.45) is 0. The molecule has 0 unspecified atom stereocenters. The summed E-state index contributed by atoms with van der Waals surface area (Å²) < 4.78 is 14.0. The van der Waals surface area contributed by atoms with Crippen LogP contribution in [-0.2, 0) is 6.54 Å². The van der Waals surface area contributed by atoms with Gasteiger partial charge in [0.2, 0.25) is 0 Å². The van der Waals surface area contributed by atoms with Crippen molar-refractivity contribution in [3.05, 3.63) is 63.9 Å². The molecule has 0 heterocycles. The summed E-state index contributed by atoms with van der Waals surface area (Å²) in [7, 11) is 4.78. The van der Waals surface area contributed by atoms with Gasteiger partial charge in [-0.3, -0.25) is 4.79 Å². The topological polar surface area (TPSA) is 52.7 Å². The fraction of sp³-hybridized carbons (Fsp3) is 0.263. The van der Waals surface area contributed by atoms with Crippen molar-refractivity contribution in [2.75, 3.05) is 26.5 Å². The Kier molecular flexibility index (Phi) is 6.21. The molecule has 0 aromatic heterocycles. The van der Waals surface area contributed by atoms with E-state index in [2.05, 4.69) is 5.32 Å². The average molecular weight is 378 g/mol. The molecule has 0 bridgehead atoms. The lowest BCUT2D eigenvalue weighted by molar-refractivity contribution is 0.0785. The van der Waals surface area contributed by atoms with E-state index < -0.39 is 5.82 Å². The van der Waals surface area contributed by atoms with Crippen molar-refractivity contribution in [3.8, 4) is 0 Å². The third kappa shape index (κ3) is 4.52. The van der Waals surface area contributed by atoms with Gasteiger partial charge in [-0.2, -0.15) is 0 Å². The highest BCUT2D eigenvalue weighted by Gasteiger charge is 2.20. The van der Waals surface area contributed by atoms with Crippen molar-refractivity contribution in [2.24, 2.45) is 0 Å². The molecule has 138 valence electrons. The maximum absolute atomic E-state index is 14.0. The second-order valence-electron chi connectivity index (χ2n) is 6.24. The van der Waals surface area contributed by atoms with Crippen LogP contribution in [0.25, 0.3) is 0 Å². The van der Waals surface area contributed by atoms with E-state index in [1.807, 2.05) is 6.92 Å². The van der Waals surface area contributed by atoms with Crippen molar-refractivity contribution >= 4 is 29.2 Å². The predicted molar refractivity (Wildman–Crippen MR) is 101 cm³/mol. The van der Waals surface area contributed by atoms with E-state index in [0.29, 0.717) is 11.3 Å². The van der Waals surface area contributed by atoms with Crippen molar-refractivity contribution in [1.29, 1.82) is 0 Å². The summed E-state index contributed by atoms with van der Waals surface area (Å²) in [5, 5.41) is 2.96. The third-order valence-corrected chi connectivity index (χ3v) is 4.21. The highest BCUT2D eigenvalue weighted by atomic mass is 35.5. The number of carbonyl (C=O) groups excluding carboxylic acids is 2. The van der Waals surface area contributed by atoms with Gasteiger partial charge in [-0.25, -0.2) is 9.18 Å². The van der Waals surface area contributed by atoms with Crippen LogP contribution in [0.4, 0.5) is 14.9 Å². The van der Waals surface area contributed by atoms with E-state index in [0.717, 1.165) is 5.56 Å². The fourth-order valence-corrected chi connectivity index (χ4v) is 2.59. The van der Waals surface area contributed by atoms with Gasteiger partial charge in [0.25, 0.3) is 5.91 Å². The minimum absolute atomic E-state index is 0.0132. The van der Waals surface area contributed by atoms with E-state index in [-0.39, 0.29) is 29.1 Å². The number of urea groups is 1. The van der Waals surface area contributed by atoms with Crippen LogP contribution in [0.1, 0.15) is 21.5 Å². The van der Waals surface area contributed by atoms with Crippen molar-refractivity contribution in [3.63, 3.8) is 0 Å². The number of anilines is 1. The van der Waals surface area contributed by atoms with Gasteiger partial charge in [-0.05, 0) is 31.2 Å². The maximum Gasteiger partial charge on any atom is 0.321 e. The average Bonchev–Trinajstić information content (AvgIpc) is 2.58. The van der Waals surface area contributed by atoms with Crippen LogP contribution >= 0.6 is 11.6 Å². The Labute approximate surface area is 157 Å². The zero-order chi connectivity index (χ0) is 19.4. The normalized spacial score (nSPS) is 10.4. The van der Waals surface area contributed by atoms with Gasteiger partial charge in [0, 0.05) is 38.3 Å².